The highest BCUT2D eigenvalue weighted by Crippen LogP contribution is 2.40. The summed E-state index contributed by atoms with van der Waals surface area (Å²) in [7, 11) is 0. The van der Waals surface area contributed by atoms with Gasteiger partial charge in [0, 0.05) is 18.7 Å². The van der Waals surface area contributed by atoms with Crippen molar-refractivity contribution in [1.29, 1.82) is 0 Å². The first-order valence-electron chi connectivity index (χ1n) is 8.43. The lowest BCUT2D eigenvalue weighted by Crippen LogP contribution is -2.31. The van der Waals surface area contributed by atoms with E-state index in [4.69, 9.17) is 11.6 Å². The number of carbonyl (C=O) groups is 1. The van der Waals surface area contributed by atoms with Crippen LogP contribution in [0.2, 0.25) is 5.02 Å². The molecule has 0 fully saturated rings. The van der Waals surface area contributed by atoms with Crippen molar-refractivity contribution in [2.45, 2.75) is 19.9 Å². The van der Waals surface area contributed by atoms with E-state index in [9.17, 15) is 14.4 Å². The quantitative estimate of drug-likeness (QED) is 0.623. The molecule has 0 bridgehead atoms. The molecule has 2 heterocycles. The molecule has 7 heteroatoms. The second-order valence-corrected chi connectivity index (χ2v) is 6.86. The summed E-state index contributed by atoms with van der Waals surface area (Å²) in [5.74, 6) is -0.898. The number of carbonyl (C=O) groups excluding carboxylic acids is 1. The molecule has 0 radical (unpaired) electrons. The van der Waals surface area contributed by atoms with Crippen molar-refractivity contribution in [2.75, 3.05) is 18.4 Å². The van der Waals surface area contributed by atoms with Gasteiger partial charge in [-0.05, 0) is 53.4 Å². The number of nitrogens with zero attached hydrogens (tertiary/aromatic N) is 2. The second kappa shape index (κ2) is 6.37. The van der Waals surface area contributed by atoms with E-state index in [1.165, 1.54) is 6.07 Å². The first-order valence-corrected chi connectivity index (χ1v) is 8.81. The first-order chi connectivity index (χ1) is 12.5. The Hall–Kier alpha value is -2.44. The van der Waals surface area contributed by atoms with E-state index in [2.05, 4.69) is 22.3 Å². The molecule has 0 saturated carbocycles. The lowest BCUT2D eigenvalue weighted by Gasteiger charge is -2.31. The maximum atomic E-state index is 13.6. The summed E-state index contributed by atoms with van der Waals surface area (Å²) in [4.78, 5) is 14.4. The maximum absolute atomic E-state index is 13.6. The van der Waals surface area contributed by atoms with Crippen LogP contribution in [0, 0.1) is 5.82 Å². The van der Waals surface area contributed by atoms with Crippen molar-refractivity contribution in [3.8, 4) is 11.1 Å². The predicted molar refractivity (Wildman–Crippen MR) is 98.5 cm³/mol. The summed E-state index contributed by atoms with van der Waals surface area (Å²) in [6.07, 6.45) is 0.808. The molecule has 2 N–H and O–H groups in total. The largest absolute Gasteiger partial charge is 0.410 e. The van der Waals surface area contributed by atoms with Crippen molar-refractivity contribution in [2.24, 2.45) is 5.16 Å². The third-order valence-corrected chi connectivity index (χ3v) is 5.39. The molecule has 2 aliphatic heterocycles. The molecule has 0 aliphatic carbocycles. The summed E-state index contributed by atoms with van der Waals surface area (Å²) >= 11 is 5.98. The zero-order valence-electron chi connectivity index (χ0n) is 14.1. The van der Waals surface area contributed by atoms with Gasteiger partial charge in [0.1, 0.15) is 5.82 Å². The third-order valence-electron chi connectivity index (χ3n) is 5.10. The van der Waals surface area contributed by atoms with Crippen LogP contribution >= 0.6 is 11.6 Å². The van der Waals surface area contributed by atoms with Crippen molar-refractivity contribution in [3.05, 3.63) is 51.8 Å². The van der Waals surface area contributed by atoms with E-state index in [0.717, 1.165) is 41.8 Å². The average Bonchev–Trinajstić information content (AvgIpc) is 2.98. The monoisotopic (exact) mass is 373 g/mol. The van der Waals surface area contributed by atoms with E-state index >= 15 is 0 Å². The number of likely N-dealkylation sites (N-methyl/N-ethyl adjacent to an activating group) is 1. The van der Waals surface area contributed by atoms with Gasteiger partial charge in [0.05, 0.1) is 10.7 Å². The summed E-state index contributed by atoms with van der Waals surface area (Å²) in [5, 5.41) is 15.3. The van der Waals surface area contributed by atoms with Gasteiger partial charge >= 0.3 is 0 Å². The summed E-state index contributed by atoms with van der Waals surface area (Å²) in [5.41, 5.74) is 5.03. The van der Waals surface area contributed by atoms with Crippen LogP contribution in [0.3, 0.4) is 0 Å². The number of halogens is 2. The molecule has 0 unspecified atom stereocenters. The molecule has 0 atom stereocenters. The van der Waals surface area contributed by atoms with Crippen LogP contribution < -0.4 is 5.32 Å². The van der Waals surface area contributed by atoms with Gasteiger partial charge in [-0.2, -0.15) is 0 Å². The van der Waals surface area contributed by atoms with E-state index in [0.29, 0.717) is 17.8 Å². The zero-order chi connectivity index (χ0) is 18.4. The highest BCUT2D eigenvalue weighted by molar-refractivity contribution is 6.54. The first kappa shape index (κ1) is 17.0. The molecular weight excluding hydrogens is 357 g/mol. The third kappa shape index (κ3) is 2.57. The fourth-order valence-corrected chi connectivity index (χ4v) is 3.91. The highest BCUT2D eigenvalue weighted by atomic mass is 35.5. The van der Waals surface area contributed by atoms with Crippen molar-refractivity contribution >= 4 is 28.9 Å². The lowest BCUT2D eigenvalue weighted by atomic mass is 9.87. The Balaban J connectivity index is 1.97. The number of hydrogen-bond donors (Lipinski definition) is 2. The smallest absolute Gasteiger partial charge is 0.278 e. The maximum Gasteiger partial charge on any atom is 0.278 e. The van der Waals surface area contributed by atoms with Gasteiger partial charge in [0.2, 0.25) is 0 Å². The molecule has 26 heavy (non-hydrogen) atoms. The highest BCUT2D eigenvalue weighted by Gasteiger charge is 2.33. The molecule has 5 nitrogen and oxygen atoms in total. The van der Waals surface area contributed by atoms with E-state index in [1.54, 1.807) is 12.1 Å². The number of anilines is 1. The minimum absolute atomic E-state index is 0.00844. The molecule has 2 aliphatic rings. The van der Waals surface area contributed by atoms with Gasteiger partial charge in [-0.25, -0.2) is 4.39 Å². The number of amides is 1. The minimum Gasteiger partial charge on any atom is -0.410 e. The van der Waals surface area contributed by atoms with Crippen LogP contribution in [-0.2, 0) is 17.8 Å². The molecule has 0 spiro atoms. The van der Waals surface area contributed by atoms with Crippen LogP contribution in [0.15, 0.2) is 29.4 Å². The van der Waals surface area contributed by atoms with Gasteiger partial charge in [-0.15, -0.1) is 0 Å². The predicted octanol–water partition coefficient (Wildman–Crippen LogP) is 3.65. The average molecular weight is 374 g/mol. The zero-order valence-corrected chi connectivity index (χ0v) is 14.9. The van der Waals surface area contributed by atoms with Gasteiger partial charge in [0.25, 0.3) is 5.91 Å². The van der Waals surface area contributed by atoms with Crippen LogP contribution in [0.4, 0.5) is 10.1 Å². The Morgan fingerprint density at radius 3 is 2.81 bits per heavy atom. The number of oxime groups is 1. The summed E-state index contributed by atoms with van der Waals surface area (Å²) in [6.45, 7) is 4.58. The van der Waals surface area contributed by atoms with Crippen molar-refractivity contribution in [3.63, 3.8) is 0 Å². The number of hydrogen-bond acceptors (Lipinski definition) is 4. The van der Waals surface area contributed by atoms with E-state index in [1.807, 2.05) is 6.07 Å². The molecule has 134 valence electrons. The fourth-order valence-electron chi connectivity index (χ4n) is 3.73. The Bertz CT molecular complexity index is 958. The van der Waals surface area contributed by atoms with Crippen molar-refractivity contribution in [1.82, 2.24) is 4.90 Å². The SMILES string of the molecule is CCN1CCc2c(-c3ccc(F)c(Cl)c3)cc3c(c2C1)NC(=O)/C3=N/O. The Labute approximate surface area is 155 Å². The summed E-state index contributed by atoms with van der Waals surface area (Å²) in [6, 6.07) is 6.43. The van der Waals surface area contributed by atoms with Crippen LogP contribution in [0.25, 0.3) is 11.1 Å². The van der Waals surface area contributed by atoms with Gasteiger partial charge in [-0.3, -0.25) is 9.69 Å². The number of rotatable bonds is 2. The van der Waals surface area contributed by atoms with Gasteiger partial charge < -0.3 is 10.5 Å². The van der Waals surface area contributed by atoms with Gasteiger partial charge in [0.15, 0.2) is 5.71 Å². The lowest BCUT2D eigenvalue weighted by molar-refractivity contribution is -0.110. The minimum atomic E-state index is -0.475. The Morgan fingerprint density at radius 2 is 2.12 bits per heavy atom. The number of benzene rings is 2. The van der Waals surface area contributed by atoms with Gasteiger partial charge in [-0.1, -0.05) is 29.7 Å². The van der Waals surface area contributed by atoms with Crippen molar-refractivity contribution < 1.29 is 14.4 Å². The molecule has 0 aromatic heterocycles. The fraction of sp³-hybridized carbons (Fsp3) is 0.263. The van der Waals surface area contributed by atoms with Crippen LogP contribution in [0.5, 0.6) is 0 Å². The van der Waals surface area contributed by atoms with Crippen LogP contribution in [0.1, 0.15) is 23.6 Å². The number of nitrogens with one attached hydrogen (secondary N) is 1. The molecule has 2 aromatic rings. The standard InChI is InChI=1S/C19H17ClFN3O2/c1-2-24-6-5-11-12(10-3-4-16(21)15(20)7-10)8-13-17(14(11)9-24)22-19(25)18(13)23-26/h3-4,7-8,26H,2,5-6,9H2,1H3,(H,22,23,25). The van der Waals surface area contributed by atoms with E-state index < -0.39 is 11.7 Å². The molecule has 1 amide bonds. The Morgan fingerprint density at radius 1 is 1.31 bits per heavy atom. The normalized spacial score (nSPS) is 18.0. The number of fused-ring (bicyclic) bond motifs is 3. The molecule has 4 rings (SSSR count). The topological polar surface area (TPSA) is 64.9 Å². The molecular formula is C19H17ClFN3O2. The van der Waals surface area contributed by atoms with Crippen LogP contribution in [-0.4, -0.2) is 34.8 Å². The molecule has 0 saturated heterocycles. The second-order valence-electron chi connectivity index (χ2n) is 6.45. The summed E-state index contributed by atoms with van der Waals surface area (Å²) < 4.78 is 13.6. The Kier molecular flexibility index (Phi) is 4.17. The van der Waals surface area contributed by atoms with E-state index in [-0.39, 0.29) is 10.7 Å². The molecule has 2 aromatic carbocycles.